The average Bonchev–Trinajstić information content (AvgIpc) is 2.80. The van der Waals surface area contributed by atoms with Crippen LogP contribution in [0.15, 0.2) is 23.2 Å². The van der Waals surface area contributed by atoms with Crippen LogP contribution >= 0.6 is 0 Å². The van der Waals surface area contributed by atoms with Crippen molar-refractivity contribution in [3.05, 3.63) is 29.3 Å². The number of likely N-dealkylation sites (N-methyl/N-ethyl adjacent to an activating group) is 1. The molecule has 1 aromatic rings. The lowest BCUT2D eigenvalue weighted by Crippen LogP contribution is -2.48. The molecule has 1 saturated heterocycles. The van der Waals surface area contributed by atoms with Gasteiger partial charge in [0.1, 0.15) is 12.4 Å². The summed E-state index contributed by atoms with van der Waals surface area (Å²) >= 11 is 0. The Hall–Kier alpha value is -1.83. The molecule has 1 atom stereocenters. The molecule has 1 unspecified atom stereocenters. The summed E-state index contributed by atoms with van der Waals surface area (Å²) < 4.78 is 11.4. The zero-order valence-electron chi connectivity index (χ0n) is 21.0. The number of hydrogen-bond acceptors (Lipinski definition) is 5. The number of ether oxygens (including phenoxy) is 2. The molecule has 1 heterocycles. The maximum absolute atomic E-state index is 5.97. The summed E-state index contributed by atoms with van der Waals surface area (Å²) in [4.78, 5) is 9.93. The van der Waals surface area contributed by atoms with E-state index in [1.807, 2.05) is 6.92 Å². The van der Waals surface area contributed by atoms with Crippen molar-refractivity contribution in [3.8, 4) is 5.75 Å². The van der Waals surface area contributed by atoms with E-state index in [1.54, 1.807) is 0 Å². The van der Waals surface area contributed by atoms with Crippen LogP contribution in [-0.4, -0.2) is 87.9 Å². The Kier molecular flexibility index (Phi) is 12.5. The van der Waals surface area contributed by atoms with Crippen molar-refractivity contribution in [1.82, 2.24) is 20.4 Å². The second-order valence-electron chi connectivity index (χ2n) is 8.57. The van der Waals surface area contributed by atoms with E-state index in [2.05, 4.69) is 66.3 Å². The molecule has 2 rings (SSSR count). The summed E-state index contributed by atoms with van der Waals surface area (Å²) in [5.74, 6) is 2.31. The number of guanidine groups is 1. The molecule has 0 saturated carbocycles. The lowest BCUT2D eigenvalue weighted by atomic mass is 10.1. The minimum atomic E-state index is 0.552. The standard InChI is InChI=1S/C25H45N5O2/c1-6-26-25(27-18-22(5)20-30-13-11-29(7-2)12-14-30)28-19-23-10-9-21(4)17-24(23)32-16-15-31-8-3/h9-10,17,22H,6-8,11-16,18-20H2,1-5H3,(H2,26,27,28). The van der Waals surface area contributed by atoms with Crippen LogP contribution in [0.2, 0.25) is 0 Å². The van der Waals surface area contributed by atoms with Crippen molar-refractivity contribution in [2.75, 3.05) is 72.2 Å². The molecule has 182 valence electrons. The van der Waals surface area contributed by atoms with Crippen molar-refractivity contribution in [2.45, 2.75) is 41.2 Å². The number of hydrogen-bond donors (Lipinski definition) is 2. The SMILES string of the molecule is CCNC(=NCc1ccc(C)cc1OCCOCC)NCC(C)CN1CCN(CC)CC1. The molecule has 0 aromatic heterocycles. The molecule has 0 spiro atoms. The van der Waals surface area contributed by atoms with Gasteiger partial charge in [-0.1, -0.05) is 26.0 Å². The second-order valence-corrected chi connectivity index (χ2v) is 8.57. The molecule has 32 heavy (non-hydrogen) atoms. The first-order valence-corrected chi connectivity index (χ1v) is 12.3. The molecule has 1 fully saturated rings. The van der Waals surface area contributed by atoms with Gasteiger partial charge < -0.3 is 29.9 Å². The third-order valence-electron chi connectivity index (χ3n) is 5.76. The molecule has 2 N–H and O–H groups in total. The van der Waals surface area contributed by atoms with Gasteiger partial charge in [0.25, 0.3) is 0 Å². The van der Waals surface area contributed by atoms with Crippen molar-refractivity contribution >= 4 is 5.96 Å². The number of rotatable bonds is 13. The van der Waals surface area contributed by atoms with Crippen molar-refractivity contribution in [2.24, 2.45) is 10.9 Å². The van der Waals surface area contributed by atoms with Crippen LogP contribution in [0.1, 0.15) is 38.8 Å². The van der Waals surface area contributed by atoms with Crippen LogP contribution < -0.4 is 15.4 Å². The molecule has 1 aromatic carbocycles. The Bertz CT molecular complexity index is 674. The van der Waals surface area contributed by atoms with E-state index < -0.39 is 0 Å². The summed E-state index contributed by atoms with van der Waals surface area (Å²) in [5.41, 5.74) is 2.27. The van der Waals surface area contributed by atoms with Gasteiger partial charge in [-0.05, 0) is 44.9 Å². The monoisotopic (exact) mass is 447 g/mol. The van der Waals surface area contributed by atoms with E-state index >= 15 is 0 Å². The Morgan fingerprint density at radius 3 is 2.50 bits per heavy atom. The van der Waals surface area contributed by atoms with E-state index in [0.717, 1.165) is 43.5 Å². The minimum absolute atomic E-state index is 0.552. The van der Waals surface area contributed by atoms with Crippen LogP contribution in [0, 0.1) is 12.8 Å². The summed E-state index contributed by atoms with van der Waals surface area (Å²) in [6, 6.07) is 6.30. The highest BCUT2D eigenvalue weighted by Gasteiger charge is 2.17. The van der Waals surface area contributed by atoms with E-state index in [-0.39, 0.29) is 0 Å². The average molecular weight is 448 g/mol. The lowest BCUT2D eigenvalue weighted by molar-refractivity contribution is 0.110. The number of nitrogens with one attached hydrogen (secondary N) is 2. The summed E-state index contributed by atoms with van der Waals surface area (Å²) in [6.45, 7) is 21.9. The van der Waals surface area contributed by atoms with Crippen LogP contribution in [-0.2, 0) is 11.3 Å². The number of aryl methyl sites for hydroxylation is 1. The van der Waals surface area contributed by atoms with Crippen LogP contribution in [0.5, 0.6) is 5.75 Å². The lowest BCUT2D eigenvalue weighted by Gasteiger charge is -2.35. The van der Waals surface area contributed by atoms with Crippen LogP contribution in [0.4, 0.5) is 0 Å². The Morgan fingerprint density at radius 2 is 1.81 bits per heavy atom. The van der Waals surface area contributed by atoms with Crippen molar-refractivity contribution in [1.29, 1.82) is 0 Å². The van der Waals surface area contributed by atoms with Gasteiger partial charge in [-0.3, -0.25) is 0 Å². The molecule has 0 amide bonds. The maximum Gasteiger partial charge on any atom is 0.191 e. The van der Waals surface area contributed by atoms with E-state index in [0.29, 0.717) is 32.3 Å². The summed E-state index contributed by atoms with van der Waals surface area (Å²) in [6.07, 6.45) is 0. The number of aliphatic imine (C=N–C) groups is 1. The Balaban J connectivity index is 1.86. The molecule has 0 aliphatic carbocycles. The zero-order chi connectivity index (χ0) is 23.2. The normalized spacial score (nSPS) is 16.7. The Labute approximate surface area is 195 Å². The van der Waals surface area contributed by atoms with Gasteiger partial charge in [0.05, 0.1) is 13.2 Å². The van der Waals surface area contributed by atoms with Gasteiger partial charge in [-0.15, -0.1) is 0 Å². The van der Waals surface area contributed by atoms with Gasteiger partial charge in [0, 0.05) is 58.0 Å². The summed E-state index contributed by atoms with van der Waals surface area (Å²) in [7, 11) is 0. The van der Waals surface area contributed by atoms with Crippen molar-refractivity contribution < 1.29 is 9.47 Å². The van der Waals surface area contributed by atoms with E-state index in [4.69, 9.17) is 14.5 Å². The maximum atomic E-state index is 5.97. The van der Waals surface area contributed by atoms with E-state index in [9.17, 15) is 0 Å². The van der Waals surface area contributed by atoms with E-state index in [1.165, 1.54) is 31.7 Å². The first kappa shape index (κ1) is 26.4. The molecule has 0 bridgehead atoms. The molecule has 0 radical (unpaired) electrons. The number of benzene rings is 1. The predicted molar refractivity (Wildman–Crippen MR) is 134 cm³/mol. The van der Waals surface area contributed by atoms with Gasteiger partial charge in [0.2, 0.25) is 0 Å². The smallest absolute Gasteiger partial charge is 0.191 e. The predicted octanol–water partition coefficient (Wildman–Crippen LogP) is 2.74. The van der Waals surface area contributed by atoms with Crippen LogP contribution in [0.25, 0.3) is 0 Å². The minimum Gasteiger partial charge on any atom is -0.491 e. The highest BCUT2D eigenvalue weighted by Crippen LogP contribution is 2.21. The molecule has 1 aliphatic heterocycles. The topological polar surface area (TPSA) is 61.4 Å². The fourth-order valence-corrected chi connectivity index (χ4v) is 3.85. The van der Waals surface area contributed by atoms with Gasteiger partial charge in [0.15, 0.2) is 5.96 Å². The number of nitrogens with zero attached hydrogens (tertiary/aromatic N) is 3. The first-order valence-electron chi connectivity index (χ1n) is 12.3. The largest absolute Gasteiger partial charge is 0.491 e. The molecule has 7 heteroatoms. The van der Waals surface area contributed by atoms with Crippen LogP contribution in [0.3, 0.4) is 0 Å². The van der Waals surface area contributed by atoms with Crippen molar-refractivity contribution in [3.63, 3.8) is 0 Å². The second kappa shape index (κ2) is 15.1. The molecule has 1 aliphatic rings. The highest BCUT2D eigenvalue weighted by molar-refractivity contribution is 5.79. The van der Waals surface area contributed by atoms with Gasteiger partial charge >= 0.3 is 0 Å². The van der Waals surface area contributed by atoms with Gasteiger partial charge in [-0.2, -0.15) is 0 Å². The summed E-state index contributed by atoms with van der Waals surface area (Å²) in [5, 5.41) is 6.91. The molecular weight excluding hydrogens is 402 g/mol. The fraction of sp³-hybridized carbons (Fsp3) is 0.720. The molecular formula is C25H45N5O2. The first-order chi connectivity index (χ1) is 15.5. The quantitative estimate of drug-likeness (QED) is 0.275. The zero-order valence-corrected chi connectivity index (χ0v) is 21.0. The number of piperazine rings is 1. The molecule has 7 nitrogen and oxygen atoms in total. The Morgan fingerprint density at radius 1 is 1.06 bits per heavy atom. The fourth-order valence-electron chi connectivity index (χ4n) is 3.85. The van der Waals surface area contributed by atoms with Gasteiger partial charge in [-0.25, -0.2) is 4.99 Å². The highest BCUT2D eigenvalue weighted by atomic mass is 16.5. The third kappa shape index (κ3) is 9.76. The third-order valence-corrected chi connectivity index (χ3v) is 5.76.